The molecular weight excluding hydrogens is 266 g/mol. The fourth-order valence-electron chi connectivity index (χ4n) is 1.25. The second-order valence-corrected chi connectivity index (χ2v) is 3.34. The monoisotopic (exact) mass is 280 g/mol. The summed E-state index contributed by atoms with van der Waals surface area (Å²) in [5.41, 5.74) is 5.96. The molecule has 1 aromatic rings. The van der Waals surface area contributed by atoms with Crippen LogP contribution in [0.25, 0.3) is 0 Å². The van der Waals surface area contributed by atoms with Gasteiger partial charge in [0.05, 0.1) is 6.42 Å². The number of rotatable bonds is 6. The molecule has 0 saturated carbocycles. The van der Waals surface area contributed by atoms with Gasteiger partial charge in [0.25, 0.3) is 0 Å². The van der Waals surface area contributed by atoms with Crippen molar-refractivity contribution in [3.63, 3.8) is 0 Å². The van der Waals surface area contributed by atoms with Crippen LogP contribution in [0.2, 0.25) is 0 Å². The molecule has 1 rings (SSSR count). The minimum Gasteiger partial charge on any atom is -0.435 e. The first kappa shape index (κ1) is 16.6. The number of carbonyl (C=O) groups excluding carboxylic acids is 1. The van der Waals surface area contributed by atoms with Crippen LogP contribution >= 0.6 is 12.4 Å². The van der Waals surface area contributed by atoms with Crippen LogP contribution in [0.5, 0.6) is 5.75 Å². The summed E-state index contributed by atoms with van der Waals surface area (Å²) in [6.07, 6.45) is 0.189. The summed E-state index contributed by atoms with van der Waals surface area (Å²) < 4.78 is 27.9. The van der Waals surface area contributed by atoms with Crippen molar-refractivity contribution in [1.82, 2.24) is 5.32 Å². The van der Waals surface area contributed by atoms with E-state index in [1.807, 2.05) is 0 Å². The molecule has 7 heteroatoms. The summed E-state index contributed by atoms with van der Waals surface area (Å²) in [5, 5.41) is 2.61. The largest absolute Gasteiger partial charge is 0.435 e. The Morgan fingerprint density at radius 1 is 1.33 bits per heavy atom. The van der Waals surface area contributed by atoms with Crippen LogP contribution in [0.4, 0.5) is 8.78 Å². The molecule has 102 valence electrons. The van der Waals surface area contributed by atoms with Crippen LogP contribution in [0, 0.1) is 0 Å². The van der Waals surface area contributed by atoms with Gasteiger partial charge in [0, 0.05) is 13.1 Å². The van der Waals surface area contributed by atoms with Gasteiger partial charge in [-0.1, -0.05) is 12.1 Å². The zero-order valence-corrected chi connectivity index (χ0v) is 10.4. The molecule has 0 atom stereocenters. The topological polar surface area (TPSA) is 64.3 Å². The molecule has 0 aliphatic rings. The maximum Gasteiger partial charge on any atom is 0.387 e. The van der Waals surface area contributed by atoms with Gasteiger partial charge in [-0.05, 0) is 17.7 Å². The van der Waals surface area contributed by atoms with Crippen LogP contribution < -0.4 is 15.8 Å². The number of amides is 1. The highest BCUT2D eigenvalue weighted by Gasteiger charge is 2.05. The number of halogens is 3. The van der Waals surface area contributed by atoms with Gasteiger partial charge >= 0.3 is 6.61 Å². The zero-order valence-electron chi connectivity index (χ0n) is 9.57. The molecule has 18 heavy (non-hydrogen) atoms. The van der Waals surface area contributed by atoms with E-state index >= 15 is 0 Å². The van der Waals surface area contributed by atoms with Crippen molar-refractivity contribution in [1.29, 1.82) is 0 Å². The van der Waals surface area contributed by atoms with Crippen LogP contribution in [0.1, 0.15) is 5.56 Å². The van der Waals surface area contributed by atoms with E-state index in [1.165, 1.54) is 12.1 Å². The minimum atomic E-state index is -2.84. The van der Waals surface area contributed by atoms with Crippen molar-refractivity contribution in [2.45, 2.75) is 13.0 Å². The van der Waals surface area contributed by atoms with Crippen LogP contribution in [-0.2, 0) is 11.2 Å². The van der Waals surface area contributed by atoms with Crippen molar-refractivity contribution < 1.29 is 18.3 Å². The zero-order chi connectivity index (χ0) is 12.7. The summed E-state index contributed by atoms with van der Waals surface area (Å²) in [4.78, 5) is 11.3. The fraction of sp³-hybridized carbons (Fsp3) is 0.364. The van der Waals surface area contributed by atoms with Crippen LogP contribution in [0.15, 0.2) is 24.3 Å². The third-order valence-corrected chi connectivity index (χ3v) is 1.98. The second kappa shape index (κ2) is 8.66. The smallest absolute Gasteiger partial charge is 0.387 e. The first-order valence-corrected chi connectivity index (χ1v) is 5.12. The highest BCUT2D eigenvalue weighted by Crippen LogP contribution is 2.15. The van der Waals surface area contributed by atoms with Crippen molar-refractivity contribution in [2.24, 2.45) is 5.73 Å². The van der Waals surface area contributed by atoms with E-state index in [9.17, 15) is 13.6 Å². The average molecular weight is 281 g/mol. The maximum atomic E-state index is 11.9. The number of nitrogens with two attached hydrogens (primary N) is 1. The molecule has 1 amide bonds. The van der Waals surface area contributed by atoms with Gasteiger partial charge in [0.1, 0.15) is 5.75 Å². The second-order valence-electron chi connectivity index (χ2n) is 3.34. The molecule has 4 nitrogen and oxygen atoms in total. The summed E-state index contributed by atoms with van der Waals surface area (Å²) in [7, 11) is 0. The van der Waals surface area contributed by atoms with Crippen molar-refractivity contribution in [3.8, 4) is 5.75 Å². The number of alkyl halides is 2. The lowest BCUT2D eigenvalue weighted by Gasteiger charge is -2.06. The van der Waals surface area contributed by atoms with Crippen molar-refractivity contribution in [3.05, 3.63) is 29.8 Å². The predicted molar refractivity (Wildman–Crippen MR) is 66.1 cm³/mol. The van der Waals surface area contributed by atoms with Gasteiger partial charge in [0.15, 0.2) is 0 Å². The molecule has 0 fully saturated rings. The normalized spacial score (nSPS) is 9.78. The highest BCUT2D eigenvalue weighted by atomic mass is 35.5. The Bertz CT molecular complexity index is 361. The third kappa shape index (κ3) is 6.36. The average Bonchev–Trinajstić information content (AvgIpc) is 2.28. The van der Waals surface area contributed by atoms with Gasteiger partial charge < -0.3 is 15.8 Å². The lowest BCUT2D eigenvalue weighted by molar-refractivity contribution is -0.120. The van der Waals surface area contributed by atoms with Gasteiger partial charge in [0.2, 0.25) is 5.91 Å². The number of ether oxygens (including phenoxy) is 1. The Labute approximate surface area is 110 Å². The number of hydrogen-bond donors (Lipinski definition) is 2. The third-order valence-electron chi connectivity index (χ3n) is 1.98. The molecule has 0 aromatic heterocycles. The molecule has 0 heterocycles. The van der Waals surface area contributed by atoms with Crippen LogP contribution in [0.3, 0.4) is 0 Å². The summed E-state index contributed by atoms with van der Waals surface area (Å²) >= 11 is 0. The van der Waals surface area contributed by atoms with Gasteiger partial charge in [-0.3, -0.25) is 4.79 Å². The van der Waals surface area contributed by atoms with Gasteiger partial charge in [-0.25, -0.2) is 0 Å². The molecule has 0 spiro atoms. The van der Waals surface area contributed by atoms with Gasteiger partial charge in [-0.2, -0.15) is 8.78 Å². The fourth-order valence-corrected chi connectivity index (χ4v) is 1.25. The van der Waals surface area contributed by atoms with E-state index < -0.39 is 6.61 Å². The summed E-state index contributed by atoms with van der Waals surface area (Å²) in [6.45, 7) is -2.04. The van der Waals surface area contributed by atoms with E-state index in [1.54, 1.807) is 12.1 Å². The molecule has 0 aliphatic carbocycles. The SMILES string of the molecule is Cl.NCCNC(=O)Cc1ccc(OC(F)F)cc1. The highest BCUT2D eigenvalue weighted by molar-refractivity contribution is 5.85. The first-order chi connectivity index (χ1) is 8.11. The minimum absolute atomic E-state index is 0. The molecule has 3 N–H and O–H groups in total. The van der Waals surface area contributed by atoms with Gasteiger partial charge in [-0.15, -0.1) is 12.4 Å². The Balaban J connectivity index is 0.00000289. The van der Waals surface area contributed by atoms with E-state index in [0.717, 1.165) is 5.56 Å². The van der Waals surface area contributed by atoms with E-state index in [2.05, 4.69) is 10.1 Å². The molecule has 0 radical (unpaired) electrons. The van der Waals surface area contributed by atoms with Crippen molar-refractivity contribution >= 4 is 18.3 Å². The molecule has 0 saturated heterocycles. The predicted octanol–water partition coefficient (Wildman–Crippen LogP) is 1.33. The van der Waals surface area contributed by atoms with Crippen molar-refractivity contribution in [2.75, 3.05) is 13.1 Å². The number of carbonyl (C=O) groups is 1. The Morgan fingerprint density at radius 3 is 2.44 bits per heavy atom. The maximum absolute atomic E-state index is 11.9. The number of nitrogens with one attached hydrogen (secondary N) is 1. The first-order valence-electron chi connectivity index (χ1n) is 5.12. The quantitative estimate of drug-likeness (QED) is 0.826. The molecule has 0 bridgehead atoms. The molecule has 1 aromatic carbocycles. The Hall–Kier alpha value is -1.40. The summed E-state index contributed by atoms with van der Waals surface area (Å²) in [5.74, 6) is -0.0795. The molecular formula is C11H15ClF2N2O2. The Morgan fingerprint density at radius 2 is 1.94 bits per heavy atom. The van der Waals surface area contributed by atoms with E-state index in [0.29, 0.717) is 13.1 Å². The van der Waals surface area contributed by atoms with E-state index in [4.69, 9.17) is 5.73 Å². The summed E-state index contributed by atoms with van der Waals surface area (Å²) in [6, 6.07) is 5.94. The number of hydrogen-bond acceptors (Lipinski definition) is 3. The van der Waals surface area contributed by atoms with E-state index in [-0.39, 0.29) is 30.5 Å². The molecule has 0 unspecified atom stereocenters. The Kier molecular flexibility index (Phi) is 7.98. The standard InChI is InChI=1S/C11H14F2N2O2.ClH/c12-11(13)17-9-3-1-8(2-4-9)7-10(16)15-6-5-14;/h1-4,11H,5-7,14H2,(H,15,16);1H. The van der Waals surface area contributed by atoms with Crippen LogP contribution in [-0.4, -0.2) is 25.6 Å². The lowest BCUT2D eigenvalue weighted by Crippen LogP contribution is -2.30. The lowest BCUT2D eigenvalue weighted by atomic mass is 10.1. The number of benzene rings is 1. The molecule has 0 aliphatic heterocycles.